The van der Waals surface area contributed by atoms with Crippen LogP contribution >= 0.6 is 0 Å². The summed E-state index contributed by atoms with van der Waals surface area (Å²) in [7, 11) is 1.70. The second kappa shape index (κ2) is 3.63. The van der Waals surface area contributed by atoms with Crippen LogP contribution in [-0.2, 0) is 13.6 Å². The van der Waals surface area contributed by atoms with E-state index in [2.05, 4.69) is 15.5 Å². The Balaban J connectivity index is 2.20. The molecule has 3 rings (SSSR count). The van der Waals surface area contributed by atoms with Crippen LogP contribution in [0.5, 0.6) is 0 Å². The molecule has 0 spiro atoms. The van der Waals surface area contributed by atoms with Gasteiger partial charge in [0.25, 0.3) is 5.91 Å². The molecule has 1 N–H and O–H groups in total. The Morgan fingerprint density at radius 1 is 1.39 bits per heavy atom. The zero-order valence-corrected chi connectivity index (χ0v) is 9.99. The van der Waals surface area contributed by atoms with E-state index in [1.807, 2.05) is 0 Å². The van der Waals surface area contributed by atoms with Gasteiger partial charge in [0.2, 0.25) is 0 Å². The summed E-state index contributed by atoms with van der Waals surface area (Å²) in [5.74, 6) is -0.627. The maximum absolute atomic E-state index is 13.9. The highest BCUT2D eigenvalue weighted by molar-refractivity contribution is 5.99. The molecule has 0 radical (unpaired) electrons. The third-order valence-corrected chi connectivity index (χ3v) is 3.02. The van der Waals surface area contributed by atoms with E-state index < -0.39 is 0 Å². The Hall–Kier alpha value is -2.24. The Morgan fingerprint density at radius 2 is 2.17 bits per heavy atom. The molecule has 1 aliphatic heterocycles. The number of halogens is 1. The number of fused-ring (bicyclic) bond motifs is 1. The molecule has 2 aromatic rings. The first kappa shape index (κ1) is 10.9. The Morgan fingerprint density at radius 3 is 2.83 bits per heavy atom. The molecule has 1 aromatic carbocycles. The van der Waals surface area contributed by atoms with E-state index in [4.69, 9.17) is 0 Å². The van der Waals surface area contributed by atoms with Crippen LogP contribution in [0.1, 0.15) is 21.6 Å². The highest BCUT2D eigenvalue weighted by atomic mass is 19.1. The fourth-order valence-electron chi connectivity index (χ4n) is 2.19. The lowest BCUT2D eigenvalue weighted by Gasteiger charge is -2.03. The Bertz CT molecular complexity index is 662. The molecule has 6 heteroatoms. The van der Waals surface area contributed by atoms with Crippen LogP contribution in [0, 0.1) is 12.7 Å². The summed E-state index contributed by atoms with van der Waals surface area (Å²) >= 11 is 0. The quantitative estimate of drug-likeness (QED) is 0.821. The molecule has 5 nitrogen and oxygen atoms in total. The van der Waals surface area contributed by atoms with Gasteiger partial charge in [0.05, 0.1) is 5.69 Å². The van der Waals surface area contributed by atoms with Gasteiger partial charge in [0.1, 0.15) is 11.5 Å². The van der Waals surface area contributed by atoms with Gasteiger partial charge in [-0.3, -0.25) is 4.79 Å². The average molecular weight is 246 g/mol. The van der Waals surface area contributed by atoms with Crippen molar-refractivity contribution in [1.29, 1.82) is 0 Å². The van der Waals surface area contributed by atoms with Crippen LogP contribution in [0.2, 0.25) is 0 Å². The van der Waals surface area contributed by atoms with Crippen LogP contribution in [0.4, 0.5) is 4.39 Å². The molecule has 0 aliphatic carbocycles. The highest BCUT2D eigenvalue weighted by Crippen LogP contribution is 2.27. The molecule has 0 atom stereocenters. The third-order valence-electron chi connectivity index (χ3n) is 3.02. The molecule has 0 saturated carbocycles. The minimum absolute atomic E-state index is 0.243. The van der Waals surface area contributed by atoms with E-state index >= 15 is 0 Å². The summed E-state index contributed by atoms with van der Waals surface area (Å²) in [6.45, 7) is 2.05. The zero-order chi connectivity index (χ0) is 12.9. The Kier molecular flexibility index (Phi) is 2.19. The van der Waals surface area contributed by atoms with Gasteiger partial charge in [-0.2, -0.15) is 15.0 Å². The first-order valence-electron chi connectivity index (χ1n) is 5.55. The number of hydrogen-bond acceptors (Lipinski definition) is 3. The maximum atomic E-state index is 13.9. The van der Waals surface area contributed by atoms with Crippen molar-refractivity contribution in [3.05, 3.63) is 34.8 Å². The molecule has 1 aromatic heterocycles. The van der Waals surface area contributed by atoms with E-state index in [1.54, 1.807) is 20.0 Å². The molecule has 0 fully saturated rings. The monoisotopic (exact) mass is 246 g/mol. The lowest BCUT2D eigenvalue weighted by atomic mass is 10.0. The number of benzene rings is 1. The first-order chi connectivity index (χ1) is 8.56. The van der Waals surface area contributed by atoms with Crippen LogP contribution in [0.15, 0.2) is 12.1 Å². The molecular weight excluding hydrogens is 235 g/mol. The van der Waals surface area contributed by atoms with E-state index in [1.165, 1.54) is 10.9 Å². The molecule has 0 saturated heterocycles. The number of amides is 1. The molecular formula is C12H11FN4O. The van der Waals surface area contributed by atoms with Crippen molar-refractivity contribution in [1.82, 2.24) is 20.3 Å². The van der Waals surface area contributed by atoms with Gasteiger partial charge in [-0.05, 0) is 19.1 Å². The van der Waals surface area contributed by atoms with Crippen molar-refractivity contribution in [2.45, 2.75) is 13.5 Å². The van der Waals surface area contributed by atoms with Crippen molar-refractivity contribution < 1.29 is 9.18 Å². The van der Waals surface area contributed by atoms with Gasteiger partial charge < -0.3 is 5.32 Å². The normalized spacial score (nSPS) is 13.6. The molecule has 0 unspecified atom stereocenters. The van der Waals surface area contributed by atoms with Gasteiger partial charge in [-0.1, -0.05) is 0 Å². The Labute approximate surface area is 103 Å². The number of nitrogens with one attached hydrogen (secondary N) is 1. The number of rotatable bonds is 1. The maximum Gasteiger partial charge on any atom is 0.252 e. The lowest BCUT2D eigenvalue weighted by Crippen LogP contribution is -2.12. The predicted octanol–water partition coefficient (Wildman–Crippen LogP) is 1.17. The van der Waals surface area contributed by atoms with Crippen molar-refractivity contribution in [2.75, 3.05) is 0 Å². The number of carbonyl (C=O) groups is 1. The number of hydrogen-bond donors (Lipinski definition) is 1. The summed E-state index contributed by atoms with van der Waals surface area (Å²) in [6.07, 6.45) is 0. The third kappa shape index (κ3) is 1.49. The molecule has 0 bridgehead atoms. The molecule has 18 heavy (non-hydrogen) atoms. The number of aryl methyl sites for hydroxylation is 2. The average Bonchev–Trinajstić information content (AvgIpc) is 2.83. The summed E-state index contributed by atoms with van der Waals surface area (Å²) in [5.41, 5.74) is 2.68. The zero-order valence-electron chi connectivity index (χ0n) is 9.99. The largest absolute Gasteiger partial charge is 0.348 e. The number of nitrogens with zero attached hydrogens (tertiary/aromatic N) is 3. The summed E-state index contributed by atoms with van der Waals surface area (Å²) in [5, 5.41) is 10.9. The van der Waals surface area contributed by atoms with Crippen LogP contribution in [0.3, 0.4) is 0 Å². The number of carbonyl (C=O) groups excluding carboxylic acids is 1. The topological polar surface area (TPSA) is 59.8 Å². The number of aromatic nitrogens is 3. The van der Waals surface area contributed by atoms with Gasteiger partial charge >= 0.3 is 0 Å². The van der Waals surface area contributed by atoms with E-state index in [-0.39, 0.29) is 18.3 Å². The molecule has 1 amide bonds. The van der Waals surface area contributed by atoms with E-state index in [0.717, 1.165) is 0 Å². The minimum Gasteiger partial charge on any atom is -0.348 e. The highest BCUT2D eigenvalue weighted by Gasteiger charge is 2.24. The van der Waals surface area contributed by atoms with Crippen LogP contribution in [0.25, 0.3) is 11.3 Å². The predicted molar refractivity (Wildman–Crippen MR) is 62.3 cm³/mol. The van der Waals surface area contributed by atoms with Crippen molar-refractivity contribution >= 4 is 5.91 Å². The summed E-state index contributed by atoms with van der Waals surface area (Å²) in [6, 6.07) is 3.06. The van der Waals surface area contributed by atoms with Crippen molar-refractivity contribution in [3.63, 3.8) is 0 Å². The second-order valence-corrected chi connectivity index (χ2v) is 4.29. The van der Waals surface area contributed by atoms with E-state index in [9.17, 15) is 9.18 Å². The lowest BCUT2D eigenvalue weighted by molar-refractivity contribution is 0.0966. The van der Waals surface area contributed by atoms with Crippen molar-refractivity contribution in [3.8, 4) is 11.3 Å². The van der Waals surface area contributed by atoms with Gasteiger partial charge in [-0.25, -0.2) is 4.39 Å². The van der Waals surface area contributed by atoms with Crippen LogP contribution < -0.4 is 5.32 Å². The van der Waals surface area contributed by atoms with Crippen LogP contribution in [-0.4, -0.2) is 20.9 Å². The SMILES string of the molecule is Cc1nn(C)nc1-c1cc(F)c2c(c1)C(=O)NC2. The fourth-order valence-corrected chi connectivity index (χ4v) is 2.19. The van der Waals surface area contributed by atoms with Gasteiger partial charge in [-0.15, -0.1) is 0 Å². The minimum atomic E-state index is -0.383. The molecule has 1 aliphatic rings. The summed E-state index contributed by atoms with van der Waals surface area (Å²) in [4.78, 5) is 13.0. The van der Waals surface area contributed by atoms with Crippen molar-refractivity contribution in [2.24, 2.45) is 7.05 Å². The summed E-state index contributed by atoms with van der Waals surface area (Å²) < 4.78 is 13.9. The smallest absolute Gasteiger partial charge is 0.252 e. The first-order valence-corrected chi connectivity index (χ1v) is 5.55. The molecule has 92 valence electrons. The van der Waals surface area contributed by atoms with E-state index in [0.29, 0.717) is 28.1 Å². The van der Waals surface area contributed by atoms with Gasteiger partial charge in [0, 0.05) is 30.3 Å². The second-order valence-electron chi connectivity index (χ2n) is 4.29. The molecule has 2 heterocycles. The fraction of sp³-hybridized carbons (Fsp3) is 0.250. The standard InChI is InChI=1S/C12H11FN4O/c1-6-11(16-17(2)15-6)7-3-8-9(10(13)4-7)5-14-12(8)18/h3-4H,5H2,1-2H3,(H,14,18). The van der Waals surface area contributed by atoms with Gasteiger partial charge in [0.15, 0.2) is 0 Å².